The summed E-state index contributed by atoms with van der Waals surface area (Å²) in [5, 5.41) is 16.4. The molecule has 1 aliphatic heterocycles. The number of hydrogen-bond donors (Lipinski definition) is 2. The number of amides is 1. The van der Waals surface area contributed by atoms with E-state index in [-0.39, 0.29) is 54.1 Å². The van der Waals surface area contributed by atoms with Crippen LogP contribution in [0, 0.1) is 13.8 Å². The van der Waals surface area contributed by atoms with Crippen LogP contribution < -0.4 is 0 Å². The summed E-state index contributed by atoms with van der Waals surface area (Å²) in [5.41, 5.74) is 0.948. The van der Waals surface area contributed by atoms with Gasteiger partial charge in [0.1, 0.15) is 27.7 Å². The maximum absolute atomic E-state index is 13.1. The van der Waals surface area contributed by atoms with Gasteiger partial charge >= 0.3 is 5.97 Å². The van der Waals surface area contributed by atoms with Crippen molar-refractivity contribution < 1.29 is 27.5 Å². The second kappa shape index (κ2) is 6.99. The van der Waals surface area contributed by atoms with Crippen LogP contribution in [0.3, 0.4) is 0 Å². The molecule has 2 aromatic rings. The van der Waals surface area contributed by atoms with Crippen molar-refractivity contribution in [2.75, 3.05) is 26.2 Å². The molecule has 0 atom stereocenters. The van der Waals surface area contributed by atoms with E-state index in [1.54, 1.807) is 11.0 Å². The van der Waals surface area contributed by atoms with Gasteiger partial charge in [0.15, 0.2) is 0 Å². The Hall–Kier alpha value is -2.66. The molecular formula is C18H22N4O6S. The summed E-state index contributed by atoms with van der Waals surface area (Å²) in [4.78, 5) is 25.4. The summed E-state index contributed by atoms with van der Waals surface area (Å²) < 4.78 is 32.6. The number of nitrogens with one attached hydrogen (secondary N) is 1. The lowest BCUT2D eigenvalue weighted by Gasteiger charge is -2.33. The number of aromatic amines is 1. The molecule has 0 bridgehead atoms. The predicted octanol–water partition coefficient (Wildman–Crippen LogP) is 1.34. The fourth-order valence-electron chi connectivity index (χ4n) is 3.69. The van der Waals surface area contributed by atoms with Gasteiger partial charge in [-0.2, -0.15) is 9.40 Å². The Labute approximate surface area is 167 Å². The molecule has 29 heavy (non-hydrogen) atoms. The van der Waals surface area contributed by atoms with Crippen LogP contribution in [0.2, 0.25) is 0 Å². The lowest BCUT2D eigenvalue weighted by molar-refractivity contribution is 0.0688. The molecule has 2 fully saturated rings. The van der Waals surface area contributed by atoms with Crippen LogP contribution in [0.1, 0.15) is 56.8 Å². The van der Waals surface area contributed by atoms with Crippen LogP contribution >= 0.6 is 0 Å². The second-order valence-corrected chi connectivity index (χ2v) is 9.28. The van der Waals surface area contributed by atoms with Gasteiger partial charge in [-0.25, -0.2) is 13.2 Å². The Kier molecular flexibility index (Phi) is 4.74. The SMILES string of the molecule is Cc1oc(C)c(S(=O)(=O)N2CCN(C(=O)c3cc(C4CC4)[nH]n3)CC2)c1C(=O)O. The van der Waals surface area contributed by atoms with E-state index >= 15 is 0 Å². The third-order valence-corrected chi connectivity index (χ3v) is 7.43. The van der Waals surface area contributed by atoms with E-state index in [1.165, 1.54) is 18.2 Å². The number of carboxylic acids is 1. The fourth-order valence-corrected chi connectivity index (χ4v) is 5.49. The van der Waals surface area contributed by atoms with E-state index in [4.69, 9.17) is 4.42 Å². The molecule has 4 rings (SSSR count). The van der Waals surface area contributed by atoms with Gasteiger partial charge in [0.2, 0.25) is 10.0 Å². The Morgan fingerprint density at radius 2 is 1.83 bits per heavy atom. The standard InChI is InChI=1S/C18H22N4O6S/c1-10-15(18(24)25)16(11(2)28-10)29(26,27)22-7-5-21(6-8-22)17(23)14-9-13(19-20-14)12-3-4-12/h9,12H,3-8H2,1-2H3,(H,19,20)(H,24,25). The van der Waals surface area contributed by atoms with Crippen LogP contribution in [0.25, 0.3) is 0 Å². The molecule has 2 aliphatic rings. The molecule has 0 spiro atoms. The molecule has 2 aromatic heterocycles. The largest absolute Gasteiger partial charge is 0.478 e. The van der Waals surface area contributed by atoms with E-state index in [1.807, 2.05) is 0 Å². The maximum atomic E-state index is 13.1. The van der Waals surface area contributed by atoms with Crippen molar-refractivity contribution in [2.24, 2.45) is 0 Å². The second-order valence-electron chi connectivity index (χ2n) is 7.40. The van der Waals surface area contributed by atoms with Gasteiger partial charge in [-0.05, 0) is 32.8 Å². The lowest BCUT2D eigenvalue weighted by atomic mass is 10.2. The van der Waals surface area contributed by atoms with Crippen molar-refractivity contribution in [3.8, 4) is 0 Å². The molecule has 156 valence electrons. The molecule has 11 heteroatoms. The highest BCUT2D eigenvalue weighted by atomic mass is 32.2. The van der Waals surface area contributed by atoms with Gasteiger partial charge in [-0.15, -0.1) is 0 Å². The number of aryl methyl sites for hydroxylation is 2. The topological polar surface area (TPSA) is 137 Å². The van der Waals surface area contributed by atoms with Gasteiger partial charge in [0, 0.05) is 37.8 Å². The zero-order chi connectivity index (χ0) is 20.9. The summed E-state index contributed by atoms with van der Waals surface area (Å²) >= 11 is 0. The van der Waals surface area contributed by atoms with Gasteiger partial charge in [0.05, 0.1) is 0 Å². The van der Waals surface area contributed by atoms with Gasteiger partial charge < -0.3 is 14.4 Å². The molecule has 0 radical (unpaired) electrons. The Morgan fingerprint density at radius 1 is 1.17 bits per heavy atom. The zero-order valence-corrected chi connectivity index (χ0v) is 17.0. The third kappa shape index (κ3) is 3.44. The molecular weight excluding hydrogens is 400 g/mol. The van der Waals surface area contributed by atoms with Crippen molar-refractivity contribution in [1.82, 2.24) is 19.4 Å². The number of carbonyl (C=O) groups is 2. The average Bonchev–Trinajstić information content (AvgIpc) is 3.32. The van der Waals surface area contributed by atoms with Crippen molar-refractivity contribution in [1.29, 1.82) is 0 Å². The number of furan rings is 1. The Bertz CT molecular complexity index is 1070. The first-order valence-corrected chi connectivity index (χ1v) is 10.8. The highest BCUT2D eigenvalue weighted by molar-refractivity contribution is 7.89. The number of aromatic carboxylic acids is 1. The first-order valence-electron chi connectivity index (χ1n) is 9.38. The molecule has 1 saturated carbocycles. The number of rotatable bonds is 5. The first-order chi connectivity index (χ1) is 13.7. The number of aromatic nitrogens is 2. The highest BCUT2D eigenvalue weighted by Gasteiger charge is 2.37. The lowest BCUT2D eigenvalue weighted by Crippen LogP contribution is -2.50. The van der Waals surface area contributed by atoms with E-state index in [0.29, 0.717) is 11.6 Å². The highest BCUT2D eigenvalue weighted by Crippen LogP contribution is 2.39. The minimum absolute atomic E-state index is 0.0440. The normalized spacial score (nSPS) is 18.2. The minimum Gasteiger partial charge on any atom is -0.478 e. The van der Waals surface area contributed by atoms with Crippen LogP contribution in [-0.4, -0.2) is 71.0 Å². The van der Waals surface area contributed by atoms with Crippen molar-refractivity contribution in [3.05, 3.63) is 34.5 Å². The number of hydrogen-bond acceptors (Lipinski definition) is 6. The number of sulfonamides is 1. The van der Waals surface area contributed by atoms with E-state index in [2.05, 4.69) is 10.2 Å². The van der Waals surface area contributed by atoms with E-state index in [0.717, 1.165) is 18.5 Å². The average molecular weight is 422 g/mol. The zero-order valence-electron chi connectivity index (χ0n) is 16.1. The summed E-state index contributed by atoms with van der Waals surface area (Å²) in [7, 11) is -4.06. The molecule has 1 aliphatic carbocycles. The van der Waals surface area contributed by atoms with Crippen LogP contribution in [-0.2, 0) is 10.0 Å². The monoisotopic (exact) mass is 422 g/mol. The quantitative estimate of drug-likeness (QED) is 0.742. The summed E-state index contributed by atoms with van der Waals surface area (Å²) in [6, 6.07) is 1.76. The maximum Gasteiger partial charge on any atom is 0.340 e. The van der Waals surface area contributed by atoms with E-state index < -0.39 is 16.0 Å². The molecule has 3 heterocycles. The molecule has 1 amide bonds. The number of H-pyrrole nitrogens is 1. The summed E-state index contributed by atoms with van der Waals surface area (Å²) in [5.74, 6) is -1.05. The number of carbonyl (C=O) groups excluding carboxylic acids is 1. The Balaban J connectivity index is 1.49. The molecule has 1 saturated heterocycles. The van der Waals surface area contributed by atoms with Gasteiger partial charge in [0.25, 0.3) is 5.91 Å². The van der Waals surface area contributed by atoms with Crippen LogP contribution in [0.15, 0.2) is 15.4 Å². The molecule has 0 aromatic carbocycles. The Morgan fingerprint density at radius 3 is 2.41 bits per heavy atom. The number of piperazine rings is 1. The van der Waals surface area contributed by atoms with Crippen LogP contribution in [0.4, 0.5) is 0 Å². The minimum atomic E-state index is -4.06. The van der Waals surface area contributed by atoms with Crippen molar-refractivity contribution in [3.63, 3.8) is 0 Å². The number of nitrogens with zero attached hydrogens (tertiary/aromatic N) is 3. The van der Waals surface area contributed by atoms with Crippen LogP contribution in [0.5, 0.6) is 0 Å². The smallest absolute Gasteiger partial charge is 0.340 e. The predicted molar refractivity (Wildman–Crippen MR) is 100 cm³/mol. The van der Waals surface area contributed by atoms with Gasteiger partial charge in [-0.3, -0.25) is 9.89 Å². The summed E-state index contributed by atoms with van der Waals surface area (Å²) in [6.45, 7) is 3.38. The summed E-state index contributed by atoms with van der Waals surface area (Å²) in [6.07, 6.45) is 2.19. The van der Waals surface area contributed by atoms with Crippen molar-refractivity contribution >= 4 is 21.9 Å². The molecule has 2 N–H and O–H groups in total. The fraction of sp³-hybridized carbons (Fsp3) is 0.500. The number of carboxylic acid groups (broad SMARTS) is 1. The third-order valence-electron chi connectivity index (χ3n) is 5.38. The van der Waals surface area contributed by atoms with Gasteiger partial charge in [-0.1, -0.05) is 0 Å². The first kappa shape index (κ1) is 19.6. The molecule has 10 nitrogen and oxygen atoms in total. The van der Waals surface area contributed by atoms with Crippen molar-refractivity contribution in [2.45, 2.75) is 37.5 Å². The van der Waals surface area contributed by atoms with E-state index in [9.17, 15) is 23.1 Å². The molecule has 0 unspecified atom stereocenters.